The largest absolute Gasteiger partial charge is 0.467 e. The number of furan rings is 1. The van der Waals surface area contributed by atoms with Gasteiger partial charge < -0.3 is 13.8 Å². The highest BCUT2D eigenvalue weighted by Crippen LogP contribution is 2.22. The summed E-state index contributed by atoms with van der Waals surface area (Å²) < 4.78 is 47.9. The normalized spacial score (nSPS) is 11.7. The lowest BCUT2D eigenvalue weighted by Gasteiger charge is -2.22. The second-order valence-electron chi connectivity index (χ2n) is 4.55. The minimum Gasteiger partial charge on any atom is -0.467 e. The zero-order valence-corrected chi connectivity index (χ0v) is 11.4. The van der Waals surface area contributed by atoms with Gasteiger partial charge in [0.1, 0.15) is 23.6 Å². The Labute approximate surface area is 118 Å². The molecule has 0 aliphatic heterocycles. The summed E-state index contributed by atoms with van der Waals surface area (Å²) >= 11 is 0. The number of hydrogen-bond acceptors (Lipinski definition) is 4. The van der Waals surface area contributed by atoms with Crippen LogP contribution < -0.4 is 0 Å². The van der Waals surface area contributed by atoms with Crippen molar-refractivity contribution in [3.05, 3.63) is 41.2 Å². The van der Waals surface area contributed by atoms with Crippen molar-refractivity contribution in [1.82, 2.24) is 10.1 Å². The van der Waals surface area contributed by atoms with Crippen molar-refractivity contribution in [2.75, 3.05) is 6.54 Å². The number of carbonyl (C=O) groups is 1. The predicted molar refractivity (Wildman–Crippen MR) is 65.5 cm³/mol. The molecule has 0 aliphatic carbocycles. The van der Waals surface area contributed by atoms with Gasteiger partial charge in [-0.05, 0) is 26.0 Å². The summed E-state index contributed by atoms with van der Waals surface area (Å²) in [5, 5.41) is 3.59. The molecule has 2 rings (SSSR count). The summed E-state index contributed by atoms with van der Waals surface area (Å²) in [4.78, 5) is 13.0. The van der Waals surface area contributed by atoms with Crippen LogP contribution in [0.3, 0.4) is 0 Å². The molecule has 2 heterocycles. The first-order valence-corrected chi connectivity index (χ1v) is 6.09. The van der Waals surface area contributed by atoms with Crippen LogP contribution >= 0.6 is 0 Å². The maximum Gasteiger partial charge on any atom is 0.406 e. The highest BCUT2D eigenvalue weighted by Gasteiger charge is 2.35. The lowest BCUT2D eigenvalue weighted by atomic mass is 10.1. The topological polar surface area (TPSA) is 59.5 Å². The number of hydrogen-bond donors (Lipinski definition) is 0. The van der Waals surface area contributed by atoms with E-state index < -0.39 is 18.6 Å². The molecule has 0 saturated carbocycles. The van der Waals surface area contributed by atoms with E-state index in [0.717, 1.165) is 0 Å². The second kappa shape index (κ2) is 5.63. The number of nitrogens with zero attached hydrogens (tertiary/aromatic N) is 2. The highest BCUT2D eigenvalue weighted by atomic mass is 19.4. The van der Waals surface area contributed by atoms with Crippen molar-refractivity contribution in [2.45, 2.75) is 26.6 Å². The van der Waals surface area contributed by atoms with Crippen molar-refractivity contribution in [1.29, 1.82) is 0 Å². The zero-order valence-electron chi connectivity index (χ0n) is 11.4. The van der Waals surface area contributed by atoms with Crippen LogP contribution in [0, 0.1) is 13.8 Å². The summed E-state index contributed by atoms with van der Waals surface area (Å²) in [7, 11) is 0. The number of amides is 1. The number of alkyl halides is 3. The van der Waals surface area contributed by atoms with Gasteiger partial charge in [0.2, 0.25) is 0 Å². The summed E-state index contributed by atoms with van der Waals surface area (Å²) in [6, 6.07) is 3.05. The summed E-state index contributed by atoms with van der Waals surface area (Å²) in [6.07, 6.45) is -3.18. The van der Waals surface area contributed by atoms with Crippen molar-refractivity contribution in [3.8, 4) is 0 Å². The molecule has 5 nitrogen and oxygen atoms in total. The van der Waals surface area contributed by atoms with Gasteiger partial charge in [0.25, 0.3) is 5.91 Å². The van der Waals surface area contributed by atoms with E-state index in [1.54, 1.807) is 6.07 Å². The molecule has 0 bridgehead atoms. The van der Waals surface area contributed by atoms with Crippen LogP contribution in [0.1, 0.15) is 27.6 Å². The van der Waals surface area contributed by atoms with Gasteiger partial charge in [0.05, 0.1) is 18.5 Å². The van der Waals surface area contributed by atoms with Crippen LogP contribution in [-0.2, 0) is 6.54 Å². The Morgan fingerprint density at radius 2 is 2.10 bits per heavy atom. The first-order valence-electron chi connectivity index (χ1n) is 6.09. The third-order valence-corrected chi connectivity index (χ3v) is 2.83. The average molecular weight is 302 g/mol. The minimum absolute atomic E-state index is 0.0470. The first-order chi connectivity index (χ1) is 9.78. The Bertz CT molecular complexity index is 598. The van der Waals surface area contributed by atoms with E-state index in [-0.39, 0.29) is 29.3 Å². The third kappa shape index (κ3) is 3.65. The van der Waals surface area contributed by atoms with Gasteiger partial charge in [-0.25, -0.2) is 0 Å². The van der Waals surface area contributed by atoms with E-state index in [9.17, 15) is 18.0 Å². The fourth-order valence-electron chi connectivity index (χ4n) is 1.95. The van der Waals surface area contributed by atoms with Gasteiger partial charge in [-0.2, -0.15) is 13.2 Å². The molecule has 0 N–H and O–H groups in total. The van der Waals surface area contributed by atoms with Crippen molar-refractivity contribution < 1.29 is 26.9 Å². The van der Waals surface area contributed by atoms with Crippen molar-refractivity contribution in [3.63, 3.8) is 0 Å². The predicted octanol–water partition coefficient (Wildman–Crippen LogP) is 3.09. The molecule has 2 aromatic heterocycles. The summed E-state index contributed by atoms with van der Waals surface area (Å²) in [5.74, 6) is -0.344. The van der Waals surface area contributed by atoms with Gasteiger partial charge in [0.15, 0.2) is 0 Å². The molecule has 0 fully saturated rings. The molecule has 0 spiro atoms. The van der Waals surface area contributed by atoms with Crippen LogP contribution in [-0.4, -0.2) is 28.7 Å². The summed E-state index contributed by atoms with van der Waals surface area (Å²) in [5.41, 5.74) is 0.301. The SMILES string of the molecule is Cc1noc(C)c1C(=O)N(Cc1ccco1)CC(F)(F)F. The molecule has 21 heavy (non-hydrogen) atoms. The van der Waals surface area contributed by atoms with Crippen LogP contribution in [0.5, 0.6) is 0 Å². The van der Waals surface area contributed by atoms with Gasteiger partial charge in [-0.3, -0.25) is 4.79 Å². The lowest BCUT2D eigenvalue weighted by molar-refractivity contribution is -0.142. The standard InChI is InChI=1S/C13H13F3N2O3/c1-8-11(9(2)21-17-8)12(19)18(7-13(14,15)16)6-10-4-3-5-20-10/h3-5H,6-7H2,1-2H3. The molecule has 8 heteroatoms. The fraction of sp³-hybridized carbons (Fsp3) is 0.385. The Hall–Kier alpha value is -2.25. The molecule has 0 atom stereocenters. The summed E-state index contributed by atoms with van der Waals surface area (Å²) in [6.45, 7) is 1.32. The lowest BCUT2D eigenvalue weighted by Crippen LogP contribution is -2.38. The van der Waals surface area contributed by atoms with Crippen LogP contribution in [0.25, 0.3) is 0 Å². The van der Waals surface area contributed by atoms with Gasteiger partial charge >= 0.3 is 6.18 Å². The smallest absolute Gasteiger partial charge is 0.406 e. The molecular weight excluding hydrogens is 289 g/mol. The van der Waals surface area contributed by atoms with Crippen molar-refractivity contribution in [2.24, 2.45) is 0 Å². The van der Waals surface area contributed by atoms with E-state index in [1.165, 1.54) is 26.2 Å². The average Bonchev–Trinajstić information content (AvgIpc) is 2.97. The molecule has 0 aromatic carbocycles. The van der Waals surface area contributed by atoms with Gasteiger partial charge in [-0.15, -0.1) is 0 Å². The Kier molecular flexibility index (Phi) is 4.06. The Balaban J connectivity index is 2.28. The van der Waals surface area contributed by atoms with Crippen molar-refractivity contribution >= 4 is 5.91 Å². The van der Waals surface area contributed by atoms with Gasteiger partial charge in [0, 0.05) is 0 Å². The molecule has 0 unspecified atom stereocenters. The van der Waals surface area contributed by atoms with E-state index in [0.29, 0.717) is 4.90 Å². The highest BCUT2D eigenvalue weighted by molar-refractivity contribution is 5.96. The number of aryl methyl sites for hydroxylation is 2. The molecule has 2 aromatic rings. The Morgan fingerprint density at radius 3 is 2.57 bits per heavy atom. The maximum absolute atomic E-state index is 12.7. The Morgan fingerprint density at radius 1 is 1.38 bits per heavy atom. The molecule has 0 aliphatic rings. The number of aromatic nitrogens is 1. The van der Waals surface area contributed by atoms with E-state index in [2.05, 4.69) is 5.16 Å². The molecular formula is C13H13F3N2O3. The third-order valence-electron chi connectivity index (χ3n) is 2.83. The number of halogens is 3. The molecule has 0 saturated heterocycles. The van der Waals surface area contributed by atoms with E-state index >= 15 is 0 Å². The zero-order chi connectivity index (χ0) is 15.6. The number of rotatable bonds is 4. The maximum atomic E-state index is 12.7. The van der Waals surface area contributed by atoms with E-state index in [4.69, 9.17) is 8.94 Å². The molecule has 114 valence electrons. The van der Waals surface area contributed by atoms with Crippen LogP contribution in [0.4, 0.5) is 13.2 Å². The quantitative estimate of drug-likeness (QED) is 0.870. The monoisotopic (exact) mass is 302 g/mol. The second-order valence-corrected chi connectivity index (χ2v) is 4.55. The first kappa shape index (κ1) is 15.1. The molecule has 1 amide bonds. The van der Waals surface area contributed by atoms with Gasteiger partial charge in [-0.1, -0.05) is 5.16 Å². The van der Waals surface area contributed by atoms with E-state index in [1.807, 2.05) is 0 Å². The van der Waals surface area contributed by atoms with Crippen LogP contribution in [0.2, 0.25) is 0 Å². The number of carbonyl (C=O) groups excluding carboxylic acids is 1. The van der Waals surface area contributed by atoms with Crippen LogP contribution in [0.15, 0.2) is 27.3 Å². The fourth-order valence-corrected chi connectivity index (χ4v) is 1.95. The minimum atomic E-state index is -4.51. The molecule has 0 radical (unpaired) electrons.